The van der Waals surface area contributed by atoms with Gasteiger partial charge in [0, 0.05) is 36.3 Å². The Bertz CT molecular complexity index is 533. The second-order valence-electron chi connectivity index (χ2n) is 6.17. The van der Waals surface area contributed by atoms with E-state index in [4.69, 9.17) is 0 Å². The molecule has 8 heteroatoms. The second-order valence-corrected chi connectivity index (χ2v) is 7.09. The summed E-state index contributed by atoms with van der Waals surface area (Å²) in [5.74, 6) is 0.498. The molecule has 0 saturated carbocycles. The molecular weight excluding hydrogens is 417 g/mol. The molecule has 2 aliphatic heterocycles. The van der Waals surface area contributed by atoms with E-state index in [1.165, 1.54) is 5.69 Å². The molecule has 3 atom stereocenters. The van der Waals surface area contributed by atoms with Crippen LogP contribution in [0.1, 0.15) is 12.8 Å². The van der Waals surface area contributed by atoms with Crippen LogP contribution in [-0.4, -0.2) is 49.3 Å². The first-order valence-electron chi connectivity index (χ1n) is 7.81. The van der Waals surface area contributed by atoms with E-state index < -0.39 is 6.10 Å². The average molecular weight is 441 g/mol. The molecule has 1 aromatic rings. The SMILES string of the molecule is Cl.Cl.O=C(NCC1CCN(c2ccc(Br)cc2)C1)C1CC(O)CN1. The number of benzene rings is 1. The molecule has 2 saturated heterocycles. The number of amides is 1. The minimum absolute atomic E-state index is 0. The van der Waals surface area contributed by atoms with Gasteiger partial charge in [0.1, 0.15) is 0 Å². The lowest BCUT2D eigenvalue weighted by Crippen LogP contribution is -2.42. The summed E-state index contributed by atoms with van der Waals surface area (Å²) < 4.78 is 1.09. The van der Waals surface area contributed by atoms with E-state index in [0.29, 0.717) is 25.4 Å². The van der Waals surface area contributed by atoms with Crippen molar-refractivity contribution in [2.75, 3.05) is 31.1 Å². The number of carbonyl (C=O) groups is 1. The van der Waals surface area contributed by atoms with Crippen molar-refractivity contribution in [2.24, 2.45) is 5.92 Å². The number of β-amino-alcohol motifs (C(OH)–C–C–N with tert-alkyl or cyclic N) is 1. The summed E-state index contributed by atoms with van der Waals surface area (Å²) in [4.78, 5) is 14.4. The fourth-order valence-corrected chi connectivity index (χ4v) is 3.43. The van der Waals surface area contributed by atoms with Gasteiger partial charge in [-0.1, -0.05) is 15.9 Å². The van der Waals surface area contributed by atoms with E-state index in [9.17, 15) is 9.90 Å². The lowest BCUT2D eigenvalue weighted by atomic mass is 10.1. The van der Waals surface area contributed by atoms with Crippen LogP contribution in [0.2, 0.25) is 0 Å². The molecule has 0 aliphatic carbocycles. The summed E-state index contributed by atoms with van der Waals surface area (Å²) in [7, 11) is 0. The van der Waals surface area contributed by atoms with Gasteiger partial charge >= 0.3 is 0 Å². The van der Waals surface area contributed by atoms with Gasteiger partial charge < -0.3 is 20.6 Å². The molecule has 0 spiro atoms. The predicted molar refractivity (Wildman–Crippen MR) is 104 cm³/mol. The Morgan fingerprint density at radius 2 is 2.04 bits per heavy atom. The van der Waals surface area contributed by atoms with Gasteiger partial charge in [0.15, 0.2) is 0 Å². The van der Waals surface area contributed by atoms with Crippen molar-refractivity contribution in [2.45, 2.75) is 25.0 Å². The molecule has 3 N–H and O–H groups in total. The van der Waals surface area contributed by atoms with E-state index in [0.717, 1.165) is 24.0 Å². The Balaban J connectivity index is 0.00000144. The highest BCUT2D eigenvalue weighted by atomic mass is 79.9. The van der Waals surface area contributed by atoms with Crippen LogP contribution in [0.4, 0.5) is 5.69 Å². The topological polar surface area (TPSA) is 64.6 Å². The summed E-state index contributed by atoms with van der Waals surface area (Å²) in [5.41, 5.74) is 1.23. The van der Waals surface area contributed by atoms with E-state index >= 15 is 0 Å². The predicted octanol–water partition coefficient (Wildman–Crippen LogP) is 1.96. The van der Waals surface area contributed by atoms with Crippen LogP contribution in [0.3, 0.4) is 0 Å². The van der Waals surface area contributed by atoms with Crippen molar-refractivity contribution in [3.05, 3.63) is 28.7 Å². The fraction of sp³-hybridized carbons (Fsp3) is 0.562. The first kappa shape index (κ1) is 21.5. The third-order valence-corrected chi connectivity index (χ3v) is 5.00. The number of halogens is 3. The monoisotopic (exact) mass is 439 g/mol. The highest BCUT2D eigenvalue weighted by molar-refractivity contribution is 9.10. The lowest BCUT2D eigenvalue weighted by Gasteiger charge is -2.19. The third-order valence-electron chi connectivity index (χ3n) is 4.47. The standard InChI is InChI=1S/C16H22BrN3O2.2ClH/c17-12-1-3-13(4-2-12)20-6-5-11(10-20)8-19-16(22)15-7-14(21)9-18-15;;/h1-4,11,14-15,18,21H,5-10H2,(H,19,22);2*1H. The Morgan fingerprint density at radius 3 is 2.67 bits per heavy atom. The number of anilines is 1. The van der Waals surface area contributed by atoms with Crippen LogP contribution >= 0.6 is 40.7 Å². The van der Waals surface area contributed by atoms with Gasteiger partial charge in [-0.3, -0.25) is 4.79 Å². The second kappa shape index (κ2) is 9.82. The molecule has 0 bridgehead atoms. The number of nitrogens with zero attached hydrogens (tertiary/aromatic N) is 1. The van der Waals surface area contributed by atoms with Gasteiger partial charge in [-0.05, 0) is 43.0 Å². The number of rotatable bonds is 4. The molecule has 5 nitrogen and oxygen atoms in total. The van der Waals surface area contributed by atoms with Gasteiger partial charge in [0.25, 0.3) is 0 Å². The van der Waals surface area contributed by atoms with E-state index in [2.05, 4.69) is 55.7 Å². The first-order valence-corrected chi connectivity index (χ1v) is 8.61. The van der Waals surface area contributed by atoms with Crippen molar-refractivity contribution in [3.63, 3.8) is 0 Å². The Kier molecular flexibility index (Phi) is 8.81. The third kappa shape index (κ3) is 5.49. The number of aliphatic hydroxyl groups is 1. The summed E-state index contributed by atoms with van der Waals surface area (Å²) in [6, 6.07) is 8.12. The molecule has 2 heterocycles. The van der Waals surface area contributed by atoms with Gasteiger partial charge in [-0.25, -0.2) is 0 Å². The molecule has 1 aromatic carbocycles. The maximum absolute atomic E-state index is 12.0. The zero-order valence-corrected chi connectivity index (χ0v) is 16.5. The van der Waals surface area contributed by atoms with Crippen LogP contribution in [0, 0.1) is 5.92 Å². The van der Waals surface area contributed by atoms with Gasteiger partial charge in [0.05, 0.1) is 12.1 Å². The van der Waals surface area contributed by atoms with Crippen molar-refractivity contribution >= 4 is 52.3 Å². The van der Waals surface area contributed by atoms with Gasteiger partial charge in [0.2, 0.25) is 5.91 Å². The highest BCUT2D eigenvalue weighted by Crippen LogP contribution is 2.25. The summed E-state index contributed by atoms with van der Waals surface area (Å²) >= 11 is 3.45. The van der Waals surface area contributed by atoms with Crippen LogP contribution in [0.25, 0.3) is 0 Å². The molecule has 0 radical (unpaired) electrons. The maximum atomic E-state index is 12.0. The van der Waals surface area contributed by atoms with Crippen LogP contribution < -0.4 is 15.5 Å². The van der Waals surface area contributed by atoms with Gasteiger partial charge in [-0.15, -0.1) is 24.8 Å². The Morgan fingerprint density at radius 1 is 1.33 bits per heavy atom. The molecule has 24 heavy (non-hydrogen) atoms. The number of hydrogen-bond donors (Lipinski definition) is 3. The highest BCUT2D eigenvalue weighted by Gasteiger charge is 2.29. The first-order chi connectivity index (χ1) is 10.6. The van der Waals surface area contributed by atoms with Crippen molar-refractivity contribution in [1.82, 2.24) is 10.6 Å². The van der Waals surface area contributed by atoms with E-state index in [1.54, 1.807) is 0 Å². The molecule has 2 fully saturated rings. The summed E-state index contributed by atoms with van der Waals surface area (Å²) in [6.45, 7) is 3.23. The normalized spacial score (nSPS) is 25.8. The number of hydrogen-bond acceptors (Lipinski definition) is 4. The number of aliphatic hydroxyl groups excluding tert-OH is 1. The quantitative estimate of drug-likeness (QED) is 0.669. The Hall–Kier alpha value is -0.530. The maximum Gasteiger partial charge on any atom is 0.237 e. The van der Waals surface area contributed by atoms with Crippen LogP contribution in [0.15, 0.2) is 28.7 Å². The van der Waals surface area contributed by atoms with Crippen LogP contribution in [-0.2, 0) is 4.79 Å². The molecule has 1 amide bonds. The van der Waals surface area contributed by atoms with Crippen molar-refractivity contribution in [1.29, 1.82) is 0 Å². The summed E-state index contributed by atoms with van der Waals surface area (Å²) in [5, 5.41) is 15.5. The van der Waals surface area contributed by atoms with Crippen molar-refractivity contribution < 1.29 is 9.90 Å². The fourth-order valence-electron chi connectivity index (χ4n) is 3.17. The lowest BCUT2D eigenvalue weighted by molar-refractivity contribution is -0.123. The molecule has 136 valence electrons. The Labute approximate surface area is 163 Å². The zero-order chi connectivity index (χ0) is 15.5. The number of nitrogens with one attached hydrogen (secondary N) is 2. The molecular formula is C16H24BrCl2N3O2. The minimum Gasteiger partial charge on any atom is -0.392 e. The summed E-state index contributed by atoms with van der Waals surface area (Å²) in [6.07, 6.45) is 1.22. The van der Waals surface area contributed by atoms with E-state index in [-0.39, 0.29) is 36.8 Å². The smallest absolute Gasteiger partial charge is 0.237 e. The number of carbonyl (C=O) groups excluding carboxylic acids is 1. The van der Waals surface area contributed by atoms with Gasteiger partial charge in [-0.2, -0.15) is 0 Å². The zero-order valence-electron chi connectivity index (χ0n) is 13.3. The van der Waals surface area contributed by atoms with E-state index in [1.807, 2.05) is 0 Å². The largest absolute Gasteiger partial charge is 0.392 e. The molecule has 0 aromatic heterocycles. The minimum atomic E-state index is -0.393. The molecule has 3 rings (SSSR count). The molecule has 2 aliphatic rings. The average Bonchev–Trinajstić information content (AvgIpc) is 3.15. The van der Waals surface area contributed by atoms with Crippen molar-refractivity contribution in [3.8, 4) is 0 Å². The molecule has 3 unspecified atom stereocenters. The van der Waals surface area contributed by atoms with Crippen LogP contribution in [0.5, 0.6) is 0 Å².